The molecule has 6 heteroatoms. The molecular formula is C31H32N2O3S. The van der Waals surface area contributed by atoms with Crippen LogP contribution in [0.25, 0.3) is 0 Å². The SMILES string of the molecule is CC(C)CC(NC(=O)c1ccccc1N(Cc1ccccc1)S(=O)(=O)c1ccccc1)c1ccccc1. The number of nitrogens with zero attached hydrogens (tertiary/aromatic N) is 1. The molecule has 1 unspecified atom stereocenters. The molecule has 5 nitrogen and oxygen atoms in total. The van der Waals surface area contributed by atoms with Gasteiger partial charge < -0.3 is 5.32 Å². The van der Waals surface area contributed by atoms with Crippen molar-refractivity contribution < 1.29 is 13.2 Å². The summed E-state index contributed by atoms with van der Waals surface area (Å²) in [7, 11) is -3.95. The van der Waals surface area contributed by atoms with Crippen LogP contribution in [0.4, 0.5) is 5.69 Å². The van der Waals surface area contributed by atoms with E-state index in [-0.39, 0.29) is 23.4 Å². The second-order valence-corrected chi connectivity index (χ2v) is 11.3. The molecular weight excluding hydrogens is 480 g/mol. The first-order valence-corrected chi connectivity index (χ1v) is 13.9. The number of amides is 1. The maximum absolute atomic E-state index is 13.9. The average Bonchev–Trinajstić information content (AvgIpc) is 2.92. The summed E-state index contributed by atoms with van der Waals surface area (Å²) in [6, 6.07) is 34.3. The Kier molecular flexibility index (Phi) is 8.41. The van der Waals surface area contributed by atoms with Crippen molar-refractivity contribution in [1.29, 1.82) is 0 Å². The highest BCUT2D eigenvalue weighted by Crippen LogP contribution is 2.30. The predicted octanol–water partition coefficient (Wildman–Crippen LogP) is 6.60. The van der Waals surface area contributed by atoms with Crippen LogP contribution in [0.5, 0.6) is 0 Å². The summed E-state index contributed by atoms with van der Waals surface area (Å²) in [5.74, 6) is 0.0419. The Bertz CT molecular complexity index is 1410. The zero-order valence-electron chi connectivity index (χ0n) is 21.1. The van der Waals surface area contributed by atoms with Crippen molar-refractivity contribution in [3.63, 3.8) is 0 Å². The van der Waals surface area contributed by atoms with E-state index in [4.69, 9.17) is 0 Å². The van der Waals surface area contributed by atoms with E-state index in [1.54, 1.807) is 54.6 Å². The highest BCUT2D eigenvalue weighted by atomic mass is 32.2. The van der Waals surface area contributed by atoms with Gasteiger partial charge in [0.15, 0.2) is 0 Å². The molecule has 0 saturated heterocycles. The highest BCUT2D eigenvalue weighted by molar-refractivity contribution is 7.92. The van der Waals surface area contributed by atoms with Crippen molar-refractivity contribution in [3.05, 3.63) is 132 Å². The summed E-state index contributed by atoms with van der Waals surface area (Å²) in [4.78, 5) is 13.9. The minimum absolute atomic E-state index is 0.0937. The number of nitrogens with one attached hydrogen (secondary N) is 1. The number of carbonyl (C=O) groups is 1. The van der Waals surface area contributed by atoms with E-state index in [0.29, 0.717) is 17.2 Å². The molecule has 0 saturated carbocycles. The number of carbonyl (C=O) groups excluding carboxylic acids is 1. The Labute approximate surface area is 219 Å². The number of anilines is 1. The predicted molar refractivity (Wildman–Crippen MR) is 149 cm³/mol. The summed E-state index contributed by atoms with van der Waals surface area (Å²) in [5, 5.41) is 3.17. The summed E-state index contributed by atoms with van der Waals surface area (Å²) in [5.41, 5.74) is 2.48. The molecule has 1 atom stereocenters. The van der Waals surface area contributed by atoms with E-state index in [0.717, 1.165) is 17.5 Å². The quantitative estimate of drug-likeness (QED) is 0.260. The minimum Gasteiger partial charge on any atom is -0.345 e. The summed E-state index contributed by atoms with van der Waals surface area (Å²) < 4.78 is 29.1. The van der Waals surface area contributed by atoms with Crippen LogP contribution in [0.1, 0.15) is 47.8 Å². The normalized spacial score (nSPS) is 12.2. The van der Waals surface area contributed by atoms with E-state index in [9.17, 15) is 13.2 Å². The van der Waals surface area contributed by atoms with Gasteiger partial charge in [-0.1, -0.05) is 105 Å². The van der Waals surface area contributed by atoms with Gasteiger partial charge in [-0.05, 0) is 47.7 Å². The molecule has 1 N–H and O–H groups in total. The second-order valence-electron chi connectivity index (χ2n) is 9.39. The van der Waals surface area contributed by atoms with Crippen LogP contribution in [0.3, 0.4) is 0 Å². The molecule has 190 valence electrons. The molecule has 0 aliphatic heterocycles. The molecule has 4 aromatic rings. The molecule has 4 aromatic carbocycles. The lowest BCUT2D eigenvalue weighted by Crippen LogP contribution is -2.35. The Morgan fingerprint density at radius 2 is 1.30 bits per heavy atom. The van der Waals surface area contributed by atoms with Gasteiger partial charge >= 0.3 is 0 Å². The first-order valence-electron chi connectivity index (χ1n) is 12.4. The number of hydrogen-bond donors (Lipinski definition) is 1. The van der Waals surface area contributed by atoms with Gasteiger partial charge in [0.05, 0.1) is 28.7 Å². The van der Waals surface area contributed by atoms with Crippen molar-refractivity contribution in [2.75, 3.05) is 4.31 Å². The van der Waals surface area contributed by atoms with Crippen molar-refractivity contribution in [3.8, 4) is 0 Å². The van der Waals surface area contributed by atoms with Gasteiger partial charge in [0.2, 0.25) is 0 Å². The lowest BCUT2D eigenvalue weighted by molar-refractivity contribution is 0.0932. The van der Waals surface area contributed by atoms with Crippen LogP contribution in [-0.2, 0) is 16.6 Å². The van der Waals surface area contributed by atoms with Gasteiger partial charge in [-0.25, -0.2) is 8.42 Å². The summed E-state index contributed by atoms with van der Waals surface area (Å²) in [6.45, 7) is 4.32. The maximum atomic E-state index is 13.9. The summed E-state index contributed by atoms with van der Waals surface area (Å²) in [6.07, 6.45) is 0.758. The fourth-order valence-electron chi connectivity index (χ4n) is 4.32. The van der Waals surface area contributed by atoms with Gasteiger partial charge in [-0.2, -0.15) is 0 Å². The third-order valence-electron chi connectivity index (χ3n) is 6.13. The summed E-state index contributed by atoms with van der Waals surface area (Å²) >= 11 is 0. The number of para-hydroxylation sites is 1. The molecule has 0 aromatic heterocycles. The van der Waals surface area contributed by atoms with E-state index in [1.807, 2.05) is 60.7 Å². The molecule has 0 spiro atoms. The van der Waals surface area contributed by atoms with Crippen LogP contribution in [0, 0.1) is 5.92 Å². The van der Waals surface area contributed by atoms with Gasteiger partial charge in [0.25, 0.3) is 15.9 Å². The zero-order valence-corrected chi connectivity index (χ0v) is 21.9. The minimum atomic E-state index is -3.95. The average molecular weight is 513 g/mol. The number of benzene rings is 4. The molecule has 1 amide bonds. The largest absolute Gasteiger partial charge is 0.345 e. The number of sulfonamides is 1. The standard InChI is InChI=1S/C31H32N2O3S/c1-24(2)22-29(26-16-8-4-9-17-26)32-31(34)28-20-12-13-21-30(28)33(23-25-14-6-3-7-15-25)37(35,36)27-18-10-5-11-19-27/h3-21,24,29H,22-23H2,1-2H3,(H,32,34). The van der Waals surface area contributed by atoms with Gasteiger partial charge in [0, 0.05) is 0 Å². The van der Waals surface area contributed by atoms with Gasteiger partial charge in [-0.15, -0.1) is 0 Å². The molecule has 4 rings (SSSR count). The van der Waals surface area contributed by atoms with E-state index in [2.05, 4.69) is 19.2 Å². The van der Waals surface area contributed by atoms with Crippen molar-refractivity contribution >= 4 is 21.6 Å². The van der Waals surface area contributed by atoms with Crippen LogP contribution < -0.4 is 9.62 Å². The lowest BCUT2D eigenvalue weighted by atomic mass is 9.96. The van der Waals surface area contributed by atoms with Crippen molar-refractivity contribution in [2.45, 2.75) is 37.8 Å². The molecule has 0 bridgehead atoms. The topological polar surface area (TPSA) is 66.5 Å². The van der Waals surface area contributed by atoms with Crippen LogP contribution in [0.2, 0.25) is 0 Å². The lowest BCUT2D eigenvalue weighted by Gasteiger charge is -2.27. The molecule has 0 radical (unpaired) electrons. The zero-order chi connectivity index (χ0) is 26.3. The molecule has 0 heterocycles. The second kappa shape index (κ2) is 11.9. The Balaban J connectivity index is 1.75. The van der Waals surface area contributed by atoms with Crippen molar-refractivity contribution in [1.82, 2.24) is 5.32 Å². The molecule has 0 aliphatic rings. The Hall–Kier alpha value is -3.90. The molecule has 37 heavy (non-hydrogen) atoms. The molecule has 0 aliphatic carbocycles. The highest BCUT2D eigenvalue weighted by Gasteiger charge is 2.29. The number of rotatable bonds is 10. The van der Waals surface area contributed by atoms with Crippen LogP contribution in [0.15, 0.2) is 120 Å². The van der Waals surface area contributed by atoms with Crippen LogP contribution in [-0.4, -0.2) is 14.3 Å². The van der Waals surface area contributed by atoms with E-state index < -0.39 is 10.0 Å². The first-order chi connectivity index (χ1) is 17.9. The third-order valence-corrected chi connectivity index (χ3v) is 7.91. The third kappa shape index (κ3) is 6.46. The number of hydrogen-bond acceptors (Lipinski definition) is 3. The Morgan fingerprint density at radius 3 is 1.92 bits per heavy atom. The fraction of sp³-hybridized carbons (Fsp3) is 0.194. The van der Waals surface area contributed by atoms with Gasteiger partial charge in [0.1, 0.15) is 0 Å². The Morgan fingerprint density at radius 1 is 0.757 bits per heavy atom. The van der Waals surface area contributed by atoms with Crippen molar-refractivity contribution in [2.24, 2.45) is 5.92 Å². The van der Waals surface area contributed by atoms with Crippen LogP contribution >= 0.6 is 0 Å². The van der Waals surface area contributed by atoms with Gasteiger partial charge in [-0.3, -0.25) is 9.10 Å². The first kappa shape index (κ1) is 26.2. The fourth-order valence-corrected chi connectivity index (χ4v) is 5.82. The molecule has 0 fully saturated rings. The van der Waals surface area contributed by atoms with E-state index >= 15 is 0 Å². The monoisotopic (exact) mass is 512 g/mol. The van der Waals surface area contributed by atoms with E-state index in [1.165, 1.54) is 4.31 Å². The smallest absolute Gasteiger partial charge is 0.264 e. The maximum Gasteiger partial charge on any atom is 0.264 e.